The summed E-state index contributed by atoms with van der Waals surface area (Å²) in [6.45, 7) is 2.02. The maximum absolute atomic E-state index is 12.3. The van der Waals surface area contributed by atoms with Gasteiger partial charge < -0.3 is 4.42 Å². The van der Waals surface area contributed by atoms with E-state index in [1.807, 2.05) is 55.5 Å². The monoisotopic (exact) mass is 311 g/mol. The highest BCUT2D eigenvalue weighted by atomic mass is 16.4. The van der Waals surface area contributed by atoms with Gasteiger partial charge in [0.25, 0.3) is 0 Å². The fourth-order valence-electron chi connectivity index (χ4n) is 2.99. The fourth-order valence-corrected chi connectivity index (χ4v) is 2.99. The molecule has 0 spiro atoms. The largest absolute Gasteiger partial charge is 0.422 e. The lowest BCUT2D eigenvalue weighted by molar-refractivity contribution is 0.569. The van der Waals surface area contributed by atoms with Crippen LogP contribution in [0.2, 0.25) is 0 Å². The van der Waals surface area contributed by atoms with Gasteiger partial charge in [-0.1, -0.05) is 48.0 Å². The molecule has 0 saturated carbocycles. The van der Waals surface area contributed by atoms with Crippen LogP contribution in [0.5, 0.6) is 0 Å². The van der Waals surface area contributed by atoms with Crippen molar-refractivity contribution >= 4 is 21.7 Å². The van der Waals surface area contributed by atoms with Crippen molar-refractivity contribution in [3.8, 4) is 17.2 Å². The molecular formula is C21H13NO2. The first-order chi connectivity index (χ1) is 11.7. The Bertz CT molecular complexity index is 1180. The number of para-hydroxylation sites is 1. The van der Waals surface area contributed by atoms with E-state index in [0.29, 0.717) is 16.5 Å². The first-order valence-corrected chi connectivity index (χ1v) is 7.64. The van der Waals surface area contributed by atoms with Crippen molar-refractivity contribution in [3.05, 3.63) is 82.2 Å². The van der Waals surface area contributed by atoms with Crippen LogP contribution in [0.4, 0.5) is 0 Å². The Labute approximate surface area is 138 Å². The van der Waals surface area contributed by atoms with Gasteiger partial charge in [-0.25, -0.2) is 4.79 Å². The number of rotatable bonds is 1. The topological polar surface area (TPSA) is 54.0 Å². The molecule has 3 heteroatoms. The van der Waals surface area contributed by atoms with E-state index in [9.17, 15) is 10.1 Å². The minimum absolute atomic E-state index is 0.421. The van der Waals surface area contributed by atoms with Crippen LogP contribution in [0.25, 0.3) is 32.9 Å². The predicted octanol–water partition coefficient (Wildman–Crippen LogP) is 4.79. The Morgan fingerprint density at radius 2 is 1.67 bits per heavy atom. The van der Waals surface area contributed by atoms with Gasteiger partial charge in [0.05, 0.1) is 17.0 Å². The van der Waals surface area contributed by atoms with Crippen LogP contribution < -0.4 is 5.63 Å². The van der Waals surface area contributed by atoms with Crippen LogP contribution in [0.3, 0.4) is 0 Å². The van der Waals surface area contributed by atoms with Gasteiger partial charge in [0.1, 0.15) is 5.58 Å². The number of aryl methyl sites for hydroxylation is 1. The molecule has 0 aliphatic rings. The predicted molar refractivity (Wildman–Crippen MR) is 94.9 cm³/mol. The SMILES string of the molecule is Cc1ccc(-c2cc3c(cc2C#N)c(=O)oc2ccccc23)cc1. The van der Waals surface area contributed by atoms with E-state index in [2.05, 4.69) is 6.07 Å². The van der Waals surface area contributed by atoms with Crippen LogP contribution in [0.15, 0.2) is 69.9 Å². The van der Waals surface area contributed by atoms with E-state index in [-0.39, 0.29) is 0 Å². The van der Waals surface area contributed by atoms with Crippen molar-refractivity contribution in [1.29, 1.82) is 5.26 Å². The zero-order chi connectivity index (χ0) is 16.7. The zero-order valence-corrected chi connectivity index (χ0v) is 13.0. The summed E-state index contributed by atoms with van der Waals surface area (Å²) in [7, 11) is 0. The molecule has 0 atom stereocenters. The molecule has 0 radical (unpaired) electrons. The second-order valence-corrected chi connectivity index (χ2v) is 5.81. The highest BCUT2D eigenvalue weighted by Crippen LogP contribution is 2.31. The highest BCUT2D eigenvalue weighted by molar-refractivity contribution is 6.06. The van der Waals surface area contributed by atoms with Gasteiger partial charge in [-0.05, 0) is 30.7 Å². The molecule has 1 heterocycles. The summed E-state index contributed by atoms with van der Waals surface area (Å²) >= 11 is 0. The maximum atomic E-state index is 12.3. The average molecular weight is 311 g/mol. The van der Waals surface area contributed by atoms with Gasteiger partial charge in [0.15, 0.2) is 0 Å². The number of fused-ring (bicyclic) bond motifs is 3. The lowest BCUT2D eigenvalue weighted by Crippen LogP contribution is -2.01. The number of nitrogens with zero attached hydrogens (tertiary/aromatic N) is 1. The molecule has 4 rings (SSSR count). The van der Waals surface area contributed by atoms with Gasteiger partial charge >= 0.3 is 5.63 Å². The Hall–Kier alpha value is -3.38. The molecule has 114 valence electrons. The molecule has 3 aromatic carbocycles. The molecule has 4 aromatic rings. The van der Waals surface area contributed by atoms with Crippen molar-refractivity contribution < 1.29 is 4.42 Å². The molecule has 3 nitrogen and oxygen atoms in total. The molecule has 0 amide bonds. The van der Waals surface area contributed by atoms with E-state index >= 15 is 0 Å². The molecule has 0 aliphatic heterocycles. The van der Waals surface area contributed by atoms with Gasteiger partial charge in [0.2, 0.25) is 0 Å². The Kier molecular flexibility index (Phi) is 3.18. The smallest absolute Gasteiger partial charge is 0.344 e. The molecule has 0 aliphatic carbocycles. The van der Waals surface area contributed by atoms with Crippen LogP contribution in [-0.2, 0) is 0 Å². The minimum atomic E-state index is -0.421. The lowest BCUT2D eigenvalue weighted by Gasteiger charge is -2.09. The van der Waals surface area contributed by atoms with E-state index in [1.54, 1.807) is 12.1 Å². The summed E-state index contributed by atoms with van der Waals surface area (Å²) in [5.74, 6) is 0. The van der Waals surface area contributed by atoms with E-state index in [1.165, 1.54) is 0 Å². The Morgan fingerprint density at radius 3 is 2.42 bits per heavy atom. The third kappa shape index (κ3) is 2.17. The summed E-state index contributed by atoms with van der Waals surface area (Å²) in [6.07, 6.45) is 0. The first kappa shape index (κ1) is 14.2. The summed E-state index contributed by atoms with van der Waals surface area (Å²) < 4.78 is 5.37. The minimum Gasteiger partial charge on any atom is -0.422 e. The van der Waals surface area contributed by atoms with Crippen LogP contribution in [0, 0.1) is 18.3 Å². The quantitative estimate of drug-likeness (QED) is 0.375. The number of benzene rings is 3. The normalized spacial score (nSPS) is 10.8. The third-order valence-corrected chi connectivity index (χ3v) is 4.24. The molecule has 1 aromatic heterocycles. The fraction of sp³-hybridized carbons (Fsp3) is 0.0476. The van der Waals surface area contributed by atoms with Gasteiger partial charge in [-0.15, -0.1) is 0 Å². The standard InChI is InChI=1S/C21H13NO2/c1-13-6-8-14(9-7-13)17-11-18-16-4-2-3-5-20(16)24-21(23)19(18)10-15(17)12-22/h2-11H,1H3. The van der Waals surface area contributed by atoms with Crippen molar-refractivity contribution in [2.45, 2.75) is 6.92 Å². The van der Waals surface area contributed by atoms with Gasteiger partial charge in [0, 0.05) is 16.3 Å². The average Bonchev–Trinajstić information content (AvgIpc) is 2.61. The summed E-state index contributed by atoms with van der Waals surface area (Å²) in [5, 5.41) is 11.6. The Balaban J connectivity index is 2.14. The molecule has 0 N–H and O–H groups in total. The summed E-state index contributed by atoms with van der Waals surface area (Å²) in [5.41, 5.74) is 3.53. The summed E-state index contributed by atoms with van der Waals surface area (Å²) in [6, 6.07) is 21.2. The van der Waals surface area contributed by atoms with Gasteiger partial charge in [-0.3, -0.25) is 0 Å². The van der Waals surface area contributed by atoms with Gasteiger partial charge in [-0.2, -0.15) is 5.26 Å². The van der Waals surface area contributed by atoms with E-state index in [4.69, 9.17) is 4.42 Å². The van der Waals surface area contributed by atoms with Crippen LogP contribution in [0.1, 0.15) is 11.1 Å². The number of nitriles is 1. The van der Waals surface area contributed by atoms with Crippen LogP contribution >= 0.6 is 0 Å². The van der Waals surface area contributed by atoms with Crippen molar-refractivity contribution in [1.82, 2.24) is 0 Å². The van der Waals surface area contributed by atoms with E-state index in [0.717, 1.165) is 27.5 Å². The third-order valence-electron chi connectivity index (χ3n) is 4.24. The molecule has 0 fully saturated rings. The second-order valence-electron chi connectivity index (χ2n) is 5.81. The molecule has 0 bridgehead atoms. The zero-order valence-electron chi connectivity index (χ0n) is 13.0. The Morgan fingerprint density at radius 1 is 0.917 bits per heavy atom. The molecule has 24 heavy (non-hydrogen) atoms. The molecule has 0 unspecified atom stereocenters. The van der Waals surface area contributed by atoms with Crippen molar-refractivity contribution in [2.24, 2.45) is 0 Å². The van der Waals surface area contributed by atoms with Crippen molar-refractivity contribution in [3.63, 3.8) is 0 Å². The molecule has 0 saturated heterocycles. The van der Waals surface area contributed by atoms with Crippen molar-refractivity contribution in [2.75, 3.05) is 0 Å². The summed E-state index contributed by atoms with van der Waals surface area (Å²) in [4.78, 5) is 12.3. The van der Waals surface area contributed by atoms with E-state index < -0.39 is 5.63 Å². The first-order valence-electron chi connectivity index (χ1n) is 7.64. The maximum Gasteiger partial charge on any atom is 0.344 e. The number of hydrogen-bond acceptors (Lipinski definition) is 3. The van der Waals surface area contributed by atoms with Crippen LogP contribution in [-0.4, -0.2) is 0 Å². The lowest BCUT2D eigenvalue weighted by atomic mass is 9.95. The molecular weight excluding hydrogens is 298 g/mol. The second kappa shape index (κ2) is 5.36. The number of hydrogen-bond donors (Lipinski definition) is 0. The highest BCUT2D eigenvalue weighted by Gasteiger charge is 2.13.